The number of halogens is 3. The van der Waals surface area contributed by atoms with Crippen LogP contribution in [-0.4, -0.2) is 23.2 Å². The van der Waals surface area contributed by atoms with Gasteiger partial charge < -0.3 is 15.4 Å². The number of carbonyl (C=O) groups is 2. The Hall–Kier alpha value is -2.62. The third-order valence-corrected chi connectivity index (χ3v) is 4.55. The number of ether oxygens (including phenoxy) is 1. The molecule has 0 bridgehead atoms. The van der Waals surface area contributed by atoms with Crippen LogP contribution in [0.3, 0.4) is 0 Å². The summed E-state index contributed by atoms with van der Waals surface area (Å²) in [4.78, 5) is 27.9. The maximum Gasteiger partial charge on any atom is 0.573 e. The lowest BCUT2D eigenvalue weighted by Crippen LogP contribution is -2.26. The fourth-order valence-corrected chi connectivity index (χ4v) is 3.01. The van der Waals surface area contributed by atoms with Gasteiger partial charge in [-0.1, -0.05) is 18.2 Å². The Morgan fingerprint density at radius 2 is 2.00 bits per heavy atom. The molecule has 0 spiro atoms. The summed E-state index contributed by atoms with van der Waals surface area (Å²) in [6.45, 7) is -0.111. The average molecular weight is 399 g/mol. The normalized spacial score (nSPS) is 13.9. The van der Waals surface area contributed by atoms with E-state index in [1.165, 1.54) is 29.5 Å². The van der Waals surface area contributed by atoms with E-state index >= 15 is 0 Å². The minimum atomic E-state index is -4.80. The lowest BCUT2D eigenvalue weighted by Gasteiger charge is -2.13. The molecule has 1 aromatic carbocycles. The van der Waals surface area contributed by atoms with Gasteiger partial charge in [-0.2, -0.15) is 0 Å². The maximum atomic E-state index is 12.4. The number of amides is 2. The second kappa shape index (κ2) is 7.95. The Labute approximate surface area is 156 Å². The van der Waals surface area contributed by atoms with Crippen LogP contribution in [0.15, 0.2) is 29.6 Å². The number of aromatic nitrogens is 1. The maximum absolute atomic E-state index is 12.4. The molecule has 2 amide bonds. The molecule has 27 heavy (non-hydrogen) atoms. The average Bonchev–Trinajstić information content (AvgIpc) is 3.35. The molecule has 1 heterocycles. The molecule has 0 radical (unpaired) electrons. The van der Waals surface area contributed by atoms with Crippen LogP contribution < -0.4 is 15.4 Å². The van der Waals surface area contributed by atoms with Crippen molar-refractivity contribution in [2.24, 2.45) is 5.92 Å². The number of alkyl halides is 3. The predicted molar refractivity (Wildman–Crippen MR) is 92.1 cm³/mol. The molecule has 1 aliphatic rings. The molecule has 144 valence electrons. The lowest BCUT2D eigenvalue weighted by molar-refractivity contribution is -0.274. The molecule has 3 rings (SSSR count). The molecule has 10 heteroatoms. The van der Waals surface area contributed by atoms with Crippen molar-refractivity contribution in [3.8, 4) is 5.75 Å². The third kappa shape index (κ3) is 5.95. The van der Waals surface area contributed by atoms with E-state index in [1.54, 1.807) is 11.4 Å². The third-order valence-electron chi connectivity index (χ3n) is 3.75. The molecule has 1 aliphatic carbocycles. The van der Waals surface area contributed by atoms with Crippen LogP contribution in [0.4, 0.5) is 18.3 Å². The van der Waals surface area contributed by atoms with Gasteiger partial charge in [-0.3, -0.25) is 9.59 Å². The predicted octanol–water partition coefficient (Wildman–Crippen LogP) is 3.25. The molecule has 1 aromatic heterocycles. The number of nitrogens with zero attached hydrogens (tertiary/aromatic N) is 1. The first kappa shape index (κ1) is 19.2. The zero-order valence-corrected chi connectivity index (χ0v) is 14.8. The van der Waals surface area contributed by atoms with Crippen molar-refractivity contribution < 1.29 is 27.5 Å². The van der Waals surface area contributed by atoms with E-state index in [0.29, 0.717) is 10.8 Å². The highest BCUT2D eigenvalue weighted by molar-refractivity contribution is 7.13. The zero-order valence-electron chi connectivity index (χ0n) is 14.0. The molecule has 2 N–H and O–H groups in total. The van der Waals surface area contributed by atoms with Gasteiger partial charge in [-0.05, 0) is 18.9 Å². The monoisotopic (exact) mass is 399 g/mol. The molecule has 0 atom stereocenters. The van der Waals surface area contributed by atoms with Crippen molar-refractivity contribution in [2.75, 3.05) is 5.32 Å². The molecule has 2 aromatic rings. The van der Waals surface area contributed by atoms with Gasteiger partial charge in [0.1, 0.15) is 5.75 Å². The largest absolute Gasteiger partial charge is 0.573 e. The zero-order chi connectivity index (χ0) is 19.4. The van der Waals surface area contributed by atoms with Crippen LogP contribution >= 0.6 is 11.3 Å². The number of para-hydroxylation sites is 1. The van der Waals surface area contributed by atoms with Crippen LogP contribution in [0.2, 0.25) is 0 Å². The van der Waals surface area contributed by atoms with Crippen LogP contribution in [0.5, 0.6) is 5.75 Å². The number of rotatable bonds is 7. The number of hydrogen-bond donors (Lipinski definition) is 2. The topological polar surface area (TPSA) is 80.3 Å². The number of carbonyl (C=O) groups excluding carboxylic acids is 2. The summed E-state index contributed by atoms with van der Waals surface area (Å²) < 4.78 is 41.2. The highest BCUT2D eigenvalue weighted by Gasteiger charge is 2.32. The van der Waals surface area contributed by atoms with E-state index in [-0.39, 0.29) is 36.1 Å². The van der Waals surface area contributed by atoms with E-state index in [4.69, 9.17) is 0 Å². The van der Waals surface area contributed by atoms with Gasteiger partial charge in [0.15, 0.2) is 5.13 Å². The molecule has 0 aliphatic heterocycles. The fraction of sp³-hybridized carbons (Fsp3) is 0.353. The Bertz CT molecular complexity index is 834. The number of thiazole rings is 1. The number of benzene rings is 1. The van der Waals surface area contributed by atoms with Gasteiger partial charge in [0.05, 0.1) is 12.1 Å². The van der Waals surface area contributed by atoms with Gasteiger partial charge >= 0.3 is 6.36 Å². The van der Waals surface area contributed by atoms with Crippen molar-refractivity contribution in [1.82, 2.24) is 10.3 Å². The molecule has 6 nitrogen and oxygen atoms in total. The Kier molecular flexibility index (Phi) is 5.64. The highest BCUT2D eigenvalue weighted by Crippen LogP contribution is 2.30. The van der Waals surface area contributed by atoms with Crippen molar-refractivity contribution in [1.29, 1.82) is 0 Å². The number of hydrogen-bond acceptors (Lipinski definition) is 5. The number of anilines is 1. The molecule has 0 saturated heterocycles. The summed E-state index contributed by atoms with van der Waals surface area (Å²) in [6.07, 6.45) is -3.09. The molecular weight excluding hydrogens is 383 g/mol. The SMILES string of the molecule is O=C(Cc1csc(NC(=O)C2CC2)n1)NCc1ccccc1OC(F)(F)F. The Morgan fingerprint density at radius 1 is 1.26 bits per heavy atom. The van der Waals surface area contributed by atoms with Crippen molar-refractivity contribution >= 4 is 28.3 Å². The standard InChI is InChI=1S/C17H16F3N3O3S/c18-17(19,20)26-13-4-2-1-3-11(13)8-21-14(24)7-12-9-27-16(22-12)23-15(25)10-5-6-10/h1-4,9-10H,5-8H2,(H,21,24)(H,22,23,25). The Balaban J connectivity index is 1.51. The highest BCUT2D eigenvalue weighted by atomic mass is 32.1. The molecule has 0 unspecified atom stereocenters. The minimum Gasteiger partial charge on any atom is -0.405 e. The smallest absolute Gasteiger partial charge is 0.405 e. The van der Waals surface area contributed by atoms with Crippen LogP contribution in [0.25, 0.3) is 0 Å². The van der Waals surface area contributed by atoms with E-state index in [1.807, 2.05) is 0 Å². The van der Waals surface area contributed by atoms with E-state index in [0.717, 1.165) is 12.8 Å². The van der Waals surface area contributed by atoms with E-state index in [9.17, 15) is 22.8 Å². The Morgan fingerprint density at radius 3 is 2.70 bits per heavy atom. The van der Waals surface area contributed by atoms with Crippen molar-refractivity contribution in [3.63, 3.8) is 0 Å². The molecular formula is C17H16F3N3O3S. The summed E-state index contributed by atoms with van der Waals surface area (Å²) in [5, 5.41) is 7.33. The van der Waals surface area contributed by atoms with E-state index in [2.05, 4.69) is 20.4 Å². The summed E-state index contributed by atoms with van der Waals surface area (Å²) in [5.74, 6) is -0.771. The fourth-order valence-electron chi connectivity index (χ4n) is 2.29. The second-order valence-electron chi connectivity index (χ2n) is 6.02. The quantitative estimate of drug-likeness (QED) is 0.749. The lowest BCUT2D eigenvalue weighted by atomic mass is 10.2. The molecule has 1 fully saturated rings. The minimum absolute atomic E-state index is 0.0436. The first-order valence-electron chi connectivity index (χ1n) is 8.16. The van der Waals surface area contributed by atoms with Gasteiger partial charge in [0.25, 0.3) is 0 Å². The van der Waals surface area contributed by atoms with Crippen molar-refractivity contribution in [2.45, 2.75) is 32.2 Å². The first-order chi connectivity index (χ1) is 12.8. The van der Waals surface area contributed by atoms with Gasteiger partial charge in [0, 0.05) is 23.4 Å². The van der Waals surface area contributed by atoms with E-state index < -0.39 is 12.3 Å². The second-order valence-corrected chi connectivity index (χ2v) is 6.87. The van der Waals surface area contributed by atoms with Gasteiger partial charge in [-0.15, -0.1) is 24.5 Å². The van der Waals surface area contributed by atoms with Gasteiger partial charge in [0.2, 0.25) is 11.8 Å². The summed E-state index contributed by atoms with van der Waals surface area (Å²) in [7, 11) is 0. The summed E-state index contributed by atoms with van der Waals surface area (Å²) in [5.41, 5.74) is 0.683. The van der Waals surface area contributed by atoms with Gasteiger partial charge in [-0.25, -0.2) is 4.98 Å². The van der Waals surface area contributed by atoms with Crippen LogP contribution in [0, 0.1) is 5.92 Å². The van der Waals surface area contributed by atoms with Crippen molar-refractivity contribution in [3.05, 3.63) is 40.9 Å². The molecule has 1 saturated carbocycles. The first-order valence-corrected chi connectivity index (χ1v) is 9.04. The number of nitrogens with one attached hydrogen (secondary N) is 2. The summed E-state index contributed by atoms with van der Waals surface area (Å²) in [6, 6.07) is 5.60. The summed E-state index contributed by atoms with van der Waals surface area (Å²) >= 11 is 1.22. The van der Waals surface area contributed by atoms with Crippen LogP contribution in [-0.2, 0) is 22.6 Å². The van der Waals surface area contributed by atoms with Crippen LogP contribution in [0.1, 0.15) is 24.1 Å².